The van der Waals surface area contributed by atoms with Crippen LogP contribution in [0.4, 0.5) is 4.39 Å². The molecule has 116 valence electrons. The lowest BCUT2D eigenvalue weighted by atomic mass is 9.74. The van der Waals surface area contributed by atoms with Gasteiger partial charge >= 0.3 is 0 Å². The van der Waals surface area contributed by atoms with Gasteiger partial charge in [0.05, 0.1) is 13.2 Å². The largest absolute Gasteiger partial charge is 0.494 e. The lowest BCUT2D eigenvalue weighted by molar-refractivity contribution is 0.0311. The molecule has 0 amide bonds. The summed E-state index contributed by atoms with van der Waals surface area (Å²) in [7, 11) is 3.48. The second kappa shape index (κ2) is 5.93. The number of methoxy groups -OCH3 is 1. The van der Waals surface area contributed by atoms with Crippen LogP contribution in [0.25, 0.3) is 0 Å². The maximum Gasteiger partial charge on any atom is 0.168 e. The Balaban J connectivity index is 1.88. The van der Waals surface area contributed by atoms with Crippen molar-refractivity contribution < 1.29 is 13.9 Å². The second-order valence-electron chi connectivity index (χ2n) is 6.38. The van der Waals surface area contributed by atoms with Crippen LogP contribution in [-0.4, -0.2) is 33.4 Å². The molecule has 2 aliphatic rings. The van der Waals surface area contributed by atoms with Crippen LogP contribution < -0.4 is 10.1 Å². The Kier molecular flexibility index (Phi) is 4.18. The standard InChI is InChI=1S/C17H24FNO2/c1-19-11-17(8-9-21-16(17)12-6-7-12)10-13-4-3-5-14(20-2)15(13)18/h3-5,12,16,19H,6-11H2,1-2H3. The molecule has 1 saturated carbocycles. The van der Waals surface area contributed by atoms with E-state index < -0.39 is 0 Å². The summed E-state index contributed by atoms with van der Waals surface area (Å²) >= 11 is 0. The van der Waals surface area contributed by atoms with Crippen LogP contribution in [0.3, 0.4) is 0 Å². The minimum Gasteiger partial charge on any atom is -0.494 e. The second-order valence-corrected chi connectivity index (χ2v) is 6.38. The average Bonchev–Trinajstić information content (AvgIpc) is 3.24. The molecule has 1 heterocycles. The van der Waals surface area contributed by atoms with E-state index in [2.05, 4.69) is 5.32 Å². The van der Waals surface area contributed by atoms with E-state index in [1.807, 2.05) is 19.2 Å². The fourth-order valence-electron chi connectivity index (χ4n) is 3.77. The van der Waals surface area contributed by atoms with Crippen LogP contribution >= 0.6 is 0 Å². The molecule has 21 heavy (non-hydrogen) atoms. The quantitative estimate of drug-likeness (QED) is 0.875. The molecule has 0 bridgehead atoms. The minimum atomic E-state index is -0.225. The molecule has 2 atom stereocenters. The van der Waals surface area contributed by atoms with Crippen molar-refractivity contribution in [2.24, 2.45) is 11.3 Å². The van der Waals surface area contributed by atoms with Crippen LogP contribution in [0.2, 0.25) is 0 Å². The number of ether oxygens (including phenoxy) is 2. The zero-order valence-electron chi connectivity index (χ0n) is 12.8. The van der Waals surface area contributed by atoms with Gasteiger partial charge in [-0.05, 0) is 50.3 Å². The normalized spacial score (nSPS) is 28.8. The maximum absolute atomic E-state index is 14.5. The Labute approximate surface area is 125 Å². The molecule has 4 heteroatoms. The summed E-state index contributed by atoms with van der Waals surface area (Å²) in [6, 6.07) is 5.41. The third kappa shape index (κ3) is 2.79. The first-order valence-corrected chi connectivity index (χ1v) is 7.78. The van der Waals surface area contributed by atoms with Gasteiger partial charge in [0.2, 0.25) is 0 Å². The predicted molar refractivity (Wildman–Crippen MR) is 80.1 cm³/mol. The van der Waals surface area contributed by atoms with Crippen molar-refractivity contribution in [2.75, 3.05) is 27.3 Å². The number of benzene rings is 1. The van der Waals surface area contributed by atoms with Gasteiger partial charge in [-0.1, -0.05) is 12.1 Å². The van der Waals surface area contributed by atoms with E-state index >= 15 is 0 Å². The molecule has 1 aliphatic heterocycles. The fourth-order valence-corrected chi connectivity index (χ4v) is 3.77. The molecule has 2 fully saturated rings. The van der Waals surface area contributed by atoms with Crippen molar-refractivity contribution >= 4 is 0 Å². The van der Waals surface area contributed by atoms with E-state index in [0.717, 1.165) is 25.1 Å². The molecule has 0 spiro atoms. The van der Waals surface area contributed by atoms with E-state index in [4.69, 9.17) is 9.47 Å². The van der Waals surface area contributed by atoms with Crippen molar-refractivity contribution in [2.45, 2.75) is 31.8 Å². The summed E-state index contributed by atoms with van der Waals surface area (Å²) in [5, 5.41) is 3.30. The lowest BCUT2D eigenvalue weighted by Gasteiger charge is -2.34. The number of rotatable bonds is 6. The lowest BCUT2D eigenvalue weighted by Crippen LogP contribution is -2.42. The molecule has 0 aromatic heterocycles. The highest BCUT2D eigenvalue weighted by Gasteiger charge is 2.50. The van der Waals surface area contributed by atoms with Crippen LogP contribution in [0.5, 0.6) is 5.75 Å². The van der Waals surface area contributed by atoms with Crippen molar-refractivity contribution in [3.8, 4) is 5.75 Å². The van der Waals surface area contributed by atoms with E-state index in [1.165, 1.54) is 20.0 Å². The van der Waals surface area contributed by atoms with Crippen molar-refractivity contribution in [3.05, 3.63) is 29.6 Å². The van der Waals surface area contributed by atoms with Gasteiger partial charge < -0.3 is 14.8 Å². The first-order chi connectivity index (χ1) is 10.2. The van der Waals surface area contributed by atoms with Crippen molar-refractivity contribution in [1.82, 2.24) is 5.32 Å². The van der Waals surface area contributed by atoms with Gasteiger partial charge in [0.1, 0.15) is 0 Å². The maximum atomic E-state index is 14.5. The van der Waals surface area contributed by atoms with Crippen molar-refractivity contribution in [3.63, 3.8) is 0 Å². The molecule has 1 N–H and O–H groups in total. The first-order valence-electron chi connectivity index (χ1n) is 7.78. The van der Waals surface area contributed by atoms with Crippen LogP contribution in [-0.2, 0) is 11.2 Å². The molecule has 1 aromatic carbocycles. The zero-order valence-corrected chi connectivity index (χ0v) is 12.8. The van der Waals surface area contributed by atoms with Crippen molar-refractivity contribution in [1.29, 1.82) is 0 Å². The smallest absolute Gasteiger partial charge is 0.168 e. The molecule has 3 rings (SSSR count). The molecule has 1 aromatic rings. The Morgan fingerprint density at radius 1 is 1.43 bits per heavy atom. The molecular formula is C17H24FNO2. The van der Waals surface area contributed by atoms with E-state index in [0.29, 0.717) is 18.1 Å². The Morgan fingerprint density at radius 2 is 2.24 bits per heavy atom. The van der Waals surface area contributed by atoms with Gasteiger partial charge in [0.15, 0.2) is 11.6 Å². The number of hydrogen-bond acceptors (Lipinski definition) is 3. The molecule has 0 radical (unpaired) electrons. The monoisotopic (exact) mass is 293 g/mol. The van der Waals surface area contributed by atoms with Gasteiger partial charge in [-0.2, -0.15) is 0 Å². The Bertz CT molecular complexity index is 504. The average molecular weight is 293 g/mol. The summed E-state index contributed by atoms with van der Waals surface area (Å²) in [6.45, 7) is 1.65. The van der Waals surface area contributed by atoms with E-state index in [9.17, 15) is 4.39 Å². The summed E-state index contributed by atoms with van der Waals surface area (Å²) in [4.78, 5) is 0. The summed E-state index contributed by atoms with van der Waals surface area (Å²) < 4.78 is 25.6. The highest BCUT2D eigenvalue weighted by Crippen LogP contribution is 2.49. The van der Waals surface area contributed by atoms with Gasteiger partial charge in [-0.25, -0.2) is 4.39 Å². The Hall–Kier alpha value is -1.13. The molecule has 3 nitrogen and oxygen atoms in total. The molecule has 2 unspecified atom stereocenters. The highest BCUT2D eigenvalue weighted by atomic mass is 19.1. The summed E-state index contributed by atoms with van der Waals surface area (Å²) in [5.41, 5.74) is 0.740. The number of halogens is 1. The van der Waals surface area contributed by atoms with Gasteiger partial charge in [-0.15, -0.1) is 0 Å². The molecule has 1 aliphatic carbocycles. The first kappa shape index (κ1) is 14.8. The fraction of sp³-hybridized carbons (Fsp3) is 0.647. The summed E-state index contributed by atoms with van der Waals surface area (Å²) in [5.74, 6) is 0.764. The van der Waals surface area contributed by atoms with Gasteiger partial charge in [0, 0.05) is 18.6 Å². The topological polar surface area (TPSA) is 30.5 Å². The van der Waals surface area contributed by atoms with Crippen LogP contribution in [0, 0.1) is 17.2 Å². The SMILES string of the molecule is CNCC1(Cc2cccc(OC)c2F)CCOC1C1CC1. The number of hydrogen-bond donors (Lipinski definition) is 1. The van der Waals surface area contributed by atoms with Gasteiger partial charge in [0.25, 0.3) is 0 Å². The Morgan fingerprint density at radius 3 is 2.90 bits per heavy atom. The predicted octanol–water partition coefficient (Wildman–Crippen LogP) is 2.78. The third-order valence-corrected chi connectivity index (χ3v) is 4.89. The highest BCUT2D eigenvalue weighted by molar-refractivity contribution is 5.32. The summed E-state index contributed by atoms with van der Waals surface area (Å²) in [6.07, 6.45) is 4.45. The molecule has 1 saturated heterocycles. The van der Waals surface area contributed by atoms with E-state index in [-0.39, 0.29) is 17.3 Å². The van der Waals surface area contributed by atoms with Crippen LogP contribution in [0.1, 0.15) is 24.8 Å². The number of nitrogens with one attached hydrogen (secondary N) is 1. The molecular weight excluding hydrogens is 269 g/mol. The van der Waals surface area contributed by atoms with E-state index in [1.54, 1.807) is 6.07 Å². The third-order valence-electron chi connectivity index (χ3n) is 4.89. The van der Waals surface area contributed by atoms with Gasteiger partial charge in [-0.3, -0.25) is 0 Å². The van der Waals surface area contributed by atoms with Crippen LogP contribution in [0.15, 0.2) is 18.2 Å². The zero-order chi connectivity index (χ0) is 14.9. The minimum absolute atomic E-state index is 0.00310.